The fourth-order valence-corrected chi connectivity index (χ4v) is 1.61. The number of benzene rings is 1. The van der Waals surface area contributed by atoms with E-state index in [9.17, 15) is 8.78 Å². The summed E-state index contributed by atoms with van der Waals surface area (Å²) >= 11 is 0. The van der Waals surface area contributed by atoms with Crippen LogP contribution in [0.5, 0.6) is 0 Å². The second kappa shape index (κ2) is 5.18. The number of H-pyrrole nitrogens is 1. The van der Waals surface area contributed by atoms with Crippen LogP contribution in [0.3, 0.4) is 0 Å². The lowest BCUT2D eigenvalue weighted by molar-refractivity contribution is 0.510. The molecule has 0 amide bonds. The van der Waals surface area contributed by atoms with Crippen molar-refractivity contribution in [1.82, 2.24) is 25.9 Å². The summed E-state index contributed by atoms with van der Waals surface area (Å²) < 4.78 is 27.1. The van der Waals surface area contributed by atoms with Gasteiger partial charge in [0.05, 0.1) is 6.54 Å². The van der Waals surface area contributed by atoms with Gasteiger partial charge in [0.2, 0.25) is 0 Å². The molecule has 1 heterocycles. The van der Waals surface area contributed by atoms with Crippen LogP contribution < -0.4 is 5.32 Å². The van der Waals surface area contributed by atoms with Gasteiger partial charge in [-0.25, -0.2) is 8.78 Å². The molecular formula is C11H13F2N5. The van der Waals surface area contributed by atoms with Gasteiger partial charge in [-0.1, -0.05) is 5.21 Å². The Hall–Kier alpha value is -1.89. The predicted molar refractivity (Wildman–Crippen MR) is 60.5 cm³/mol. The van der Waals surface area contributed by atoms with Crippen molar-refractivity contribution in [2.75, 3.05) is 0 Å². The molecule has 0 aliphatic heterocycles. The molecule has 2 N–H and O–H groups in total. The summed E-state index contributed by atoms with van der Waals surface area (Å²) in [7, 11) is 0. The quantitative estimate of drug-likeness (QED) is 0.869. The Morgan fingerprint density at radius 3 is 2.78 bits per heavy atom. The Kier molecular flexibility index (Phi) is 3.61. The number of rotatable bonds is 4. The van der Waals surface area contributed by atoms with Gasteiger partial charge in [0, 0.05) is 11.6 Å². The second-order valence-electron chi connectivity index (χ2n) is 4.05. The zero-order chi connectivity index (χ0) is 13.1. The van der Waals surface area contributed by atoms with Gasteiger partial charge < -0.3 is 5.32 Å². The summed E-state index contributed by atoms with van der Waals surface area (Å²) in [6.45, 7) is 3.60. The van der Waals surface area contributed by atoms with Crippen LogP contribution in [0.1, 0.15) is 29.9 Å². The largest absolute Gasteiger partial charge is 0.303 e. The summed E-state index contributed by atoms with van der Waals surface area (Å²) in [6.07, 6.45) is 0. The molecule has 7 heteroatoms. The van der Waals surface area contributed by atoms with Crippen molar-refractivity contribution in [3.8, 4) is 0 Å². The summed E-state index contributed by atoms with van der Waals surface area (Å²) in [5.74, 6) is -0.378. The van der Waals surface area contributed by atoms with Crippen LogP contribution in [0.25, 0.3) is 0 Å². The van der Waals surface area contributed by atoms with E-state index in [1.165, 1.54) is 19.1 Å². The van der Waals surface area contributed by atoms with E-state index in [-0.39, 0.29) is 11.6 Å². The minimum absolute atomic E-state index is 0.279. The lowest BCUT2D eigenvalue weighted by Crippen LogP contribution is -2.20. The normalized spacial score (nSPS) is 12.7. The number of hydrogen-bond donors (Lipinski definition) is 2. The van der Waals surface area contributed by atoms with E-state index in [2.05, 4.69) is 25.9 Å². The van der Waals surface area contributed by atoms with E-state index < -0.39 is 11.6 Å². The maximum absolute atomic E-state index is 13.7. The molecular weight excluding hydrogens is 240 g/mol. The van der Waals surface area contributed by atoms with Crippen molar-refractivity contribution >= 4 is 0 Å². The second-order valence-corrected chi connectivity index (χ2v) is 4.05. The molecule has 96 valence electrons. The zero-order valence-corrected chi connectivity index (χ0v) is 10.0. The summed E-state index contributed by atoms with van der Waals surface area (Å²) in [4.78, 5) is 0. The van der Waals surface area contributed by atoms with Gasteiger partial charge in [-0.15, -0.1) is 10.2 Å². The molecule has 18 heavy (non-hydrogen) atoms. The lowest BCUT2D eigenvalue weighted by Gasteiger charge is -2.14. The molecule has 0 radical (unpaired) electrons. The standard InChI is InChI=1S/C11H13F2N5/c1-6-3-10(13)8(4-9(6)12)7(2)14-5-11-15-17-18-16-11/h3-4,7,14H,5H2,1-2H3,(H,15,16,17,18). The first kappa shape index (κ1) is 12.6. The van der Waals surface area contributed by atoms with Gasteiger partial charge in [0.15, 0.2) is 5.82 Å². The van der Waals surface area contributed by atoms with Crippen molar-refractivity contribution < 1.29 is 8.78 Å². The molecule has 2 rings (SSSR count). The third-order valence-corrected chi connectivity index (χ3v) is 2.70. The van der Waals surface area contributed by atoms with Crippen molar-refractivity contribution in [3.63, 3.8) is 0 Å². The molecule has 1 atom stereocenters. The van der Waals surface area contributed by atoms with Crippen molar-refractivity contribution in [2.45, 2.75) is 26.4 Å². The molecule has 5 nitrogen and oxygen atoms in total. The number of hydrogen-bond acceptors (Lipinski definition) is 4. The minimum atomic E-state index is -0.429. The molecule has 0 spiro atoms. The Balaban J connectivity index is 2.09. The fourth-order valence-electron chi connectivity index (χ4n) is 1.61. The van der Waals surface area contributed by atoms with Gasteiger partial charge >= 0.3 is 0 Å². The molecule has 0 fully saturated rings. The molecule has 0 aliphatic carbocycles. The topological polar surface area (TPSA) is 66.5 Å². The SMILES string of the molecule is Cc1cc(F)c(C(C)NCc2nn[nH]n2)cc1F. The molecule has 0 bridgehead atoms. The van der Waals surface area contributed by atoms with Gasteiger partial charge in [-0.2, -0.15) is 5.21 Å². The maximum Gasteiger partial charge on any atom is 0.188 e. The van der Waals surface area contributed by atoms with Crippen LogP contribution in [0.15, 0.2) is 12.1 Å². The van der Waals surface area contributed by atoms with Gasteiger partial charge in [0.1, 0.15) is 11.6 Å². The highest BCUT2D eigenvalue weighted by Crippen LogP contribution is 2.20. The van der Waals surface area contributed by atoms with E-state index >= 15 is 0 Å². The van der Waals surface area contributed by atoms with Crippen LogP contribution >= 0.6 is 0 Å². The molecule has 0 saturated carbocycles. The summed E-state index contributed by atoms with van der Waals surface area (Å²) in [5.41, 5.74) is 0.572. The summed E-state index contributed by atoms with van der Waals surface area (Å²) in [6, 6.07) is 2.05. The number of halogens is 2. The third-order valence-electron chi connectivity index (χ3n) is 2.70. The molecule has 1 unspecified atom stereocenters. The lowest BCUT2D eigenvalue weighted by atomic mass is 10.1. The van der Waals surface area contributed by atoms with E-state index in [0.717, 1.165) is 0 Å². The first-order valence-corrected chi connectivity index (χ1v) is 5.49. The zero-order valence-electron chi connectivity index (χ0n) is 10.0. The minimum Gasteiger partial charge on any atom is -0.303 e. The molecule has 1 aromatic carbocycles. The van der Waals surface area contributed by atoms with Crippen molar-refractivity contribution in [3.05, 3.63) is 40.7 Å². The van der Waals surface area contributed by atoms with E-state index in [4.69, 9.17) is 0 Å². The number of nitrogens with zero attached hydrogens (tertiary/aromatic N) is 3. The van der Waals surface area contributed by atoms with Gasteiger partial charge in [-0.3, -0.25) is 0 Å². The highest BCUT2D eigenvalue weighted by molar-refractivity contribution is 5.27. The van der Waals surface area contributed by atoms with E-state index in [1.807, 2.05) is 0 Å². The Bertz CT molecular complexity index is 526. The van der Waals surface area contributed by atoms with Crippen LogP contribution in [0.2, 0.25) is 0 Å². The molecule has 0 saturated heterocycles. The van der Waals surface area contributed by atoms with Crippen molar-refractivity contribution in [2.24, 2.45) is 0 Å². The number of aromatic nitrogens is 4. The smallest absolute Gasteiger partial charge is 0.188 e. The molecule has 2 aromatic rings. The monoisotopic (exact) mass is 253 g/mol. The van der Waals surface area contributed by atoms with E-state index in [1.54, 1.807) is 6.92 Å². The Labute approximate surface area is 103 Å². The Morgan fingerprint density at radius 1 is 1.33 bits per heavy atom. The van der Waals surface area contributed by atoms with Crippen LogP contribution in [-0.4, -0.2) is 20.6 Å². The average Bonchev–Trinajstić information content (AvgIpc) is 2.84. The fraction of sp³-hybridized carbons (Fsp3) is 0.364. The first-order valence-electron chi connectivity index (χ1n) is 5.49. The van der Waals surface area contributed by atoms with Gasteiger partial charge in [0.25, 0.3) is 0 Å². The number of aromatic amines is 1. The van der Waals surface area contributed by atoms with Crippen molar-refractivity contribution in [1.29, 1.82) is 0 Å². The highest BCUT2D eigenvalue weighted by atomic mass is 19.1. The maximum atomic E-state index is 13.7. The average molecular weight is 253 g/mol. The van der Waals surface area contributed by atoms with E-state index in [0.29, 0.717) is 17.9 Å². The number of aryl methyl sites for hydroxylation is 1. The summed E-state index contributed by atoms with van der Waals surface area (Å²) in [5, 5.41) is 16.2. The van der Waals surface area contributed by atoms with Gasteiger partial charge in [-0.05, 0) is 31.5 Å². The predicted octanol–water partition coefficient (Wildman–Crippen LogP) is 1.64. The number of nitrogens with one attached hydrogen (secondary N) is 2. The third kappa shape index (κ3) is 2.67. The number of tetrazole rings is 1. The van der Waals surface area contributed by atoms with Crippen LogP contribution in [-0.2, 0) is 6.54 Å². The van der Waals surface area contributed by atoms with Crippen LogP contribution in [0, 0.1) is 18.6 Å². The first-order chi connectivity index (χ1) is 8.58. The molecule has 1 aromatic heterocycles. The Morgan fingerprint density at radius 2 is 2.11 bits per heavy atom. The molecule has 0 aliphatic rings. The van der Waals surface area contributed by atoms with Crippen LogP contribution in [0.4, 0.5) is 8.78 Å². The highest BCUT2D eigenvalue weighted by Gasteiger charge is 2.14.